The highest BCUT2D eigenvalue weighted by molar-refractivity contribution is 4.93. The third-order valence-electron chi connectivity index (χ3n) is 4.17. The minimum Gasteiger partial charge on any atom is -0.381 e. The fraction of sp³-hybridized carbons (Fsp3) is 1.00. The first-order chi connectivity index (χ1) is 8.65. The molecule has 0 spiro atoms. The highest BCUT2D eigenvalue weighted by Gasteiger charge is 2.33. The summed E-state index contributed by atoms with van der Waals surface area (Å²) in [6.07, 6.45) is 4.73. The lowest BCUT2D eigenvalue weighted by atomic mass is 9.92. The summed E-state index contributed by atoms with van der Waals surface area (Å²) in [5, 5.41) is 3.71. The third-order valence-corrected chi connectivity index (χ3v) is 4.17. The van der Waals surface area contributed by atoms with Crippen molar-refractivity contribution in [2.45, 2.75) is 65.0 Å². The summed E-state index contributed by atoms with van der Waals surface area (Å²) in [6, 6.07) is 0.704. The van der Waals surface area contributed by atoms with E-state index in [0.717, 1.165) is 32.6 Å². The van der Waals surface area contributed by atoms with E-state index in [1.165, 1.54) is 25.9 Å². The molecule has 0 bridgehead atoms. The normalized spacial score (nSPS) is 29.7. The van der Waals surface area contributed by atoms with Gasteiger partial charge in [0.05, 0.1) is 0 Å². The van der Waals surface area contributed by atoms with Gasteiger partial charge in [0.15, 0.2) is 0 Å². The van der Waals surface area contributed by atoms with Gasteiger partial charge in [0.2, 0.25) is 0 Å². The molecule has 1 fully saturated rings. The Labute approximate surface area is 113 Å². The van der Waals surface area contributed by atoms with Gasteiger partial charge >= 0.3 is 0 Å². The number of nitrogens with zero attached hydrogens (tertiary/aromatic N) is 1. The smallest absolute Gasteiger partial charge is 0.0478 e. The molecule has 0 aliphatic carbocycles. The number of hydrogen-bond acceptors (Lipinski definition) is 3. The van der Waals surface area contributed by atoms with Crippen molar-refractivity contribution in [1.29, 1.82) is 0 Å². The lowest BCUT2D eigenvalue weighted by molar-refractivity contribution is 0.0648. The largest absolute Gasteiger partial charge is 0.381 e. The average molecular weight is 256 g/mol. The maximum Gasteiger partial charge on any atom is 0.0478 e. The van der Waals surface area contributed by atoms with E-state index in [1.807, 2.05) is 0 Å². The van der Waals surface area contributed by atoms with Crippen molar-refractivity contribution < 1.29 is 4.74 Å². The van der Waals surface area contributed by atoms with Crippen molar-refractivity contribution in [3.63, 3.8) is 0 Å². The second kappa shape index (κ2) is 8.13. The fourth-order valence-electron chi connectivity index (χ4n) is 2.64. The SMILES string of the molecule is CCCOCCCN1CC(C)(CC)NCC1CC. The predicted octanol–water partition coefficient (Wildman–Crippen LogP) is 2.66. The molecule has 2 atom stereocenters. The maximum atomic E-state index is 5.58. The number of nitrogens with one attached hydrogen (secondary N) is 1. The molecule has 108 valence electrons. The minimum absolute atomic E-state index is 0.302. The zero-order chi connectivity index (χ0) is 13.4. The van der Waals surface area contributed by atoms with E-state index in [-0.39, 0.29) is 0 Å². The molecule has 1 N–H and O–H groups in total. The van der Waals surface area contributed by atoms with Gasteiger partial charge in [-0.2, -0.15) is 0 Å². The third kappa shape index (κ3) is 4.87. The molecular weight excluding hydrogens is 224 g/mol. The molecule has 0 aromatic carbocycles. The van der Waals surface area contributed by atoms with Crippen LogP contribution in [-0.2, 0) is 4.74 Å². The van der Waals surface area contributed by atoms with Crippen molar-refractivity contribution in [2.75, 3.05) is 32.8 Å². The molecule has 0 aromatic heterocycles. The Hall–Kier alpha value is -0.120. The summed E-state index contributed by atoms with van der Waals surface area (Å²) in [4.78, 5) is 2.66. The Balaban J connectivity index is 2.33. The highest BCUT2D eigenvalue weighted by Crippen LogP contribution is 2.20. The predicted molar refractivity (Wildman–Crippen MR) is 78.1 cm³/mol. The van der Waals surface area contributed by atoms with E-state index in [4.69, 9.17) is 4.74 Å². The van der Waals surface area contributed by atoms with Crippen LogP contribution in [0.25, 0.3) is 0 Å². The summed E-state index contributed by atoms with van der Waals surface area (Å²) in [6.45, 7) is 14.4. The van der Waals surface area contributed by atoms with Gasteiger partial charge in [-0.1, -0.05) is 20.8 Å². The van der Waals surface area contributed by atoms with Gasteiger partial charge in [-0.25, -0.2) is 0 Å². The standard InChI is InChI=1S/C15H32N2O/c1-5-10-18-11-8-9-17-13-15(4,7-3)16-12-14(17)6-2/h14,16H,5-13H2,1-4H3. The first-order valence-corrected chi connectivity index (χ1v) is 7.72. The van der Waals surface area contributed by atoms with Crippen molar-refractivity contribution in [3.05, 3.63) is 0 Å². The number of rotatable bonds is 8. The van der Waals surface area contributed by atoms with Crippen LogP contribution in [0, 0.1) is 0 Å². The number of ether oxygens (including phenoxy) is 1. The monoisotopic (exact) mass is 256 g/mol. The topological polar surface area (TPSA) is 24.5 Å². The Kier molecular flexibility index (Phi) is 7.20. The Morgan fingerprint density at radius 1 is 1.28 bits per heavy atom. The summed E-state index contributed by atoms with van der Waals surface area (Å²) in [7, 11) is 0. The molecule has 1 aliphatic heterocycles. The Bertz CT molecular complexity index is 223. The van der Waals surface area contributed by atoms with Gasteiger partial charge in [-0.3, -0.25) is 4.90 Å². The second-order valence-electron chi connectivity index (χ2n) is 5.79. The van der Waals surface area contributed by atoms with Crippen LogP contribution >= 0.6 is 0 Å². The molecule has 3 heteroatoms. The number of piperazine rings is 1. The van der Waals surface area contributed by atoms with Gasteiger partial charge in [0.25, 0.3) is 0 Å². The van der Waals surface area contributed by atoms with Crippen LogP contribution in [0.15, 0.2) is 0 Å². The average Bonchev–Trinajstić information content (AvgIpc) is 2.39. The highest BCUT2D eigenvalue weighted by atomic mass is 16.5. The zero-order valence-corrected chi connectivity index (χ0v) is 12.8. The van der Waals surface area contributed by atoms with Crippen LogP contribution in [0.4, 0.5) is 0 Å². The van der Waals surface area contributed by atoms with Crippen LogP contribution in [0.5, 0.6) is 0 Å². The molecule has 1 saturated heterocycles. The molecule has 1 aliphatic rings. The van der Waals surface area contributed by atoms with Gasteiger partial charge in [0, 0.05) is 44.4 Å². The van der Waals surface area contributed by atoms with E-state index in [1.54, 1.807) is 0 Å². The molecule has 0 aromatic rings. The molecule has 1 rings (SSSR count). The molecule has 3 nitrogen and oxygen atoms in total. The molecule has 0 amide bonds. The molecule has 1 heterocycles. The molecule has 2 unspecified atom stereocenters. The van der Waals surface area contributed by atoms with Crippen LogP contribution in [-0.4, -0.2) is 49.3 Å². The van der Waals surface area contributed by atoms with Gasteiger partial charge in [-0.15, -0.1) is 0 Å². The lowest BCUT2D eigenvalue weighted by Crippen LogP contribution is -2.62. The van der Waals surface area contributed by atoms with Crippen molar-refractivity contribution in [1.82, 2.24) is 10.2 Å². The summed E-state index contributed by atoms with van der Waals surface area (Å²) in [5.74, 6) is 0. The summed E-state index contributed by atoms with van der Waals surface area (Å²) in [5.41, 5.74) is 0.302. The first-order valence-electron chi connectivity index (χ1n) is 7.72. The minimum atomic E-state index is 0.302. The van der Waals surface area contributed by atoms with Crippen LogP contribution < -0.4 is 5.32 Å². The van der Waals surface area contributed by atoms with Crippen LogP contribution in [0.2, 0.25) is 0 Å². The van der Waals surface area contributed by atoms with Crippen LogP contribution in [0.1, 0.15) is 53.4 Å². The molecule has 0 radical (unpaired) electrons. The van der Waals surface area contributed by atoms with Gasteiger partial charge < -0.3 is 10.1 Å². The van der Waals surface area contributed by atoms with E-state index in [2.05, 4.69) is 37.9 Å². The van der Waals surface area contributed by atoms with E-state index in [0.29, 0.717) is 11.6 Å². The zero-order valence-electron chi connectivity index (χ0n) is 12.8. The molecule has 18 heavy (non-hydrogen) atoms. The van der Waals surface area contributed by atoms with Crippen molar-refractivity contribution in [2.24, 2.45) is 0 Å². The van der Waals surface area contributed by atoms with Gasteiger partial charge in [-0.05, 0) is 32.6 Å². The van der Waals surface area contributed by atoms with E-state index < -0.39 is 0 Å². The van der Waals surface area contributed by atoms with Crippen LogP contribution in [0.3, 0.4) is 0 Å². The van der Waals surface area contributed by atoms with E-state index >= 15 is 0 Å². The summed E-state index contributed by atoms with van der Waals surface area (Å²) < 4.78 is 5.58. The van der Waals surface area contributed by atoms with E-state index in [9.17, 15) is 0 Å². The van der Waals surface area contributed by atoms with Gasteiger partial charge in [0.1, 0.15) is 0 Å². The molecule has 0 saturated carbocycles. The Morgan fingerprint density at radius 3 is 2.67 bits per heavy atom. The second-order valence-corrected chi connectivity index (χ2v) is 5.79. The molecular formula is C15H32N2O. The first kappa shape index (κ1) is 15.9. The quantitative estimate of drug-likeness (QED) is 0.676. The number of hydrogen-bond donors (Lipinski definition) is 1. The fourth-order valence-corrected chi connectivity index (χ4v) is 2.64. The van der Waals surface area contributed by atoms with Crippen molar-refractivity contribution in [3.8, 4) is 0 Å². The lowest BCUT2D eigenvalue weighted by Gasteiger charge is -2.46. The Morgan fingerprint density at radius 2 is 2.06 bits per heavy atom. The summed E-state index contributed by atoms with van der Waals surface area (Å²) >= 11 is 0. The van der Waals surface area contributed by atoms with Crippen molar-refractivity contribution >= 4 is 0 Å². The maximum absolute atomic E-state index is 5.58.